The van der Waals surface area contributed by atoms with Crippen LogP contribution >= 0.6 is 0 Å². The second-order valence-electron chi connectivity index (χ2n) is 6.87. The van der Waals surface area contributed by atoms with E-state index in [9.17, 15) is 24.9 Å². The van der Waals surface area contributed by atoms with Gasteiger partial charge < -0.3 is 25.4 Å². The molecule has 0 saturated carbocycles. The van der Waals surface area contributed by atoms with Crippen molar-refractivity contribution in [3.05, 3.63) is 41.5 Å². The van der Waals surface area contributed by atoms with Gasteiger partial charge in [0.25, 0.3) is 0 Å². The third-order valence-corrected chi connectivity index (χ3v) is 4.66. The number of phenols is 1. The zero-order valence-electron chi connectivity index (χ0n) is 16.3. The molecule has 0 aromatic heterocycles. The number of hydrogen-bond acceptors (Lipinski definition) is 7. The highest BCUT2D eigenvalue weighted by atomic mass is 16.5. The van der Waals surface area contributed by atoms with E-state index in [1.807, 2.05) is 6.92 Å². The monoisotopic (exact) mass is 389 g/mol. The highest BCUT2D eigenvalue weighted by Crippen LogP contribution is 2.29. The Hall–Kier alpha value is -2.64. The molecule has 1 aromatic rings. The van der Waals surface area contributed by atoms with Gasteiger partial charge in [-0.05, 0) is 38.0 Å². The number of anilines is 1. The molecule has 0 saturated heterocycles. The molecule has 0 radical (unpaired) electrons. The van der Waals surface area contributed by atoms with Crippen LogP contribution in [0.3, 0.4) is 0 Å². The lowest BCUT2D eigenvalue weighted by Gasteiger charge is -2.20. The van der Waals surface area contributed by atoms with Gasteiger partial charge in [-0.15, -0.1) is 0 Å². The Morgan fingerprint density at radius 3 is 2.57 bits per heavy atom. The number of rotatable bonds is 2. The summed E-state index contributed by atoms with van der Waals surface area (Å²) in [6, 6.07) is 3.13. The SMILES string of the molecule is CCNc1cc(O)c2c(c1)/C=C\C[C@@H](O)[C@@H](O)C(=O)/C=C\[C@H](C)[C@@H](C)OC2=O. The number of hydrogen-bond donors (Lipinski definition) is 4. The molecule has 7 heteroatoms. The van der Waals surface area contributed by atoms with Crippen molar-refractivity contribution >= 4 is 23.5 Å². The molecule has 4 N–H and O–H groups in total. The summed E-state index contributed by atoms with van der Waals surface area (Å²) in [5.74, 6) is -1.84. The molecule has 1 aliphatic rings. The lowest BCUT2D eigenvalue weighted by molar-refractivity contribution is -0.127. The number of benzene rings is 1. The molecule has 0 unspecified atom stereocenters. The average molecular weight is 389 g/mol. The van der Waals surface area contributed by atoms with Crippen molar-refractivity contribution in [3.8, 4) is 5.75 Å². The maximum absolute atomic E-state index is 12.7. The lowest BCUT2D eigenvalue weighted by Crippen LogP contribution is -2.32. The summed E-state index contributed by atoms with van der Waals surface area (Å²) in [4.78, 5) is 24.7. The molecule has 0 aliphatic carbocycles. The van der Waals surface area contributed by atoms with Crippen LogP contribution in [-0.4, -0.2) is 51.9 Å². The molecule has 0 bridgehead atoms. The van der Waals surface area contributed by atoms with Crippen LogP contribution in [0, 0.1) is 5.92 Å². The summed E-state index contributed by atoms with van der Waals surface area (Å²) < 4.78 is 5.47. The van der Waals surface area contributed by atoms with E-state index in [2.05, 4.69) is 5.32 Å². The zero-order valence-corrected chi connectivity index (χ0v) is 16.3. The Balaban J connectivity index is 2.50. The first-order valence-corrected chi connectivity index (χ1v) is 9.31. The summed E-state index contributed by atoms with van der Waals surface area (Å²) in [7, 11) is 0. The minimum atomic E-state index is -1.55. The summed E-state index contributed by atoms with van der Waals surface area (Å²) >= 11 is 0. The summed E-state index contributed by atoms with van der Waals surface area (Å²) in [5.41, 5.74) is 1.04. The molecule has 0 fully saturated rings. The average Bonchev–Trinajstić information content (AvgIpc) is 2.64. The molecule has 152 valence electrons. The van der Waals surface area contributed by atoms with E-state index in [-0.39, 0.29) is 23.7 Å². The predicted molar refractivity (Wildman–Crippen MR) is 106 cm³/mol. The second-order valence-corrected chi connectivity index (χ2v) is 6.87. The van der Waals surface area contributed by atoms with Crippen molar-refractivity contribution in [1.29, 1.82) is 0 Å². The first-order chi connectivity index (χ1) is 13.2. The van der Waals surface area contributed by atoms with Crippen molar-refractivity contribution in [2.24, 2.45) is 5.92 Å². The van der Waals surface area contributed by atoms with Crippen LogP contribution in [0.15, 0.2) is 30.4 Å². The van der Waals surface area contributed by atoms with E-state index in [0.29, 0.717) is 17.8 Å². The van der Waals surface area contributed by atoms with Gasteiger partial charge >= 0.3 is 5.97 Å². The zero-order chi connectivity index (χ0) is 20.8. The van der Waals surface area contributed by atoms with E-state index in [0.717, 1.165) is 0 Å². The Morgan fingerprint density at radius 1 is 1.18 bits per heavy atom. The Bertz CT molecular complexity index is 785. The first-order valence-electron chi connectivity index (χ1n) is 9.31. The van der Waals surface area contributed by atoms with E-state index in [4.69, 9.17) is 4.74 Å². The minimum absolute atomic E-state index is 0.00656. The van der Waals surface area contributed by atoms with Gasteiger partial charge in [-0.3, -0.25) is 4.79 Å². The largest absolute Gasteiger partial charge is 0.507 e. The maximum atomic E-state index is 12.7. The number of carbonyl (C=O) groups is 2. The number of aliphatic hydroxyl groups is 2. The topological polar surface area (TPSA) is 116 Å². The van der Waals surface area contributed by atoms with Crippen molar-refractivity contribution in [2.75, 3.05) is 11.9 Å². The van der Waals surface area contributed by atoms with E-state index >= 15 is 0 Å². The third kappa shape index (κ3) is 5.21. The summed E-state index contributed by atoms with van der Waals surface area (Å²) in [6.07, 6.45) is 2.37. The molecule has 2 rings (SSSR count). The Morgan fingerprint density at radius 2 is 1.89 bits per heavy atom. The van der Waals surface area contributed by atoms with Gasteiger partial charge in [0.05, 0.1) is 6.10 Å². The fourth-order valence-corrected chi connectivity index (χ4v) is 2.80. The van der Waals surface area contributed by atoms with Crippen LogP contribution < -0.4 is 5.32 Å². The number of carbonyl (C=O) groups excluding carboxylic acids is 2. The van der Waals surface area contributed by atoms with Crippen LogP contribution in [0.2, 0.25) is 0 Å². The van der Waals surface area contributed by atoms with Crippen LogP contribution in [-0.2, 0) is 9.53 Å². The van der Waals surface area contributed by atoms with E-state index in [1.165, 1.54) is 24.3 Å². The predicted octanol–water partition coefficient (Wildman–Crippen LogP) is 2.27. The first kappa shape index (κ1) is 21.7. The van der Waals surface area contributed by atoms with Crippen LogP contribution in [0.4, 0.5) is 5.69 Å². The van der Waals surface area contributed by atoms with Crippen LogP contribution in [0.5, 0.6) is 5.75 Å². The number of aliphatic hydroxyl groups excluding tert-OH is 2. The number of fused-ring (bicyclic) bond motifs is 1. The van der Waals surface area contributed by atoms with Gasteiger partial charge in [0.2, 0.25) is 0 Å². The lowest BCUT2D eigenvalue weighted by atomic mass is 9.99. The normalized spacial score (nSPS) is 28.6. The summed E-state index contributed by atoms with van der Waals surface area (Å²) in [5, 5.41) is 33.5. The van der Waals surface area contributed by atoms with Gasteiger partial charge in [0.15, 0.2) is 5.78 Å². The van der Waals surface area contributed by atoms with E-state index < -0.39 is 30.1 Å². The molecule has 0 amide bonds. The number of cyclic esters (lactones) is 1. The molecular formula is C21H27NO6. The van der Waals surface area contributed by atoms with Gasteiger partial charge in [-0.1, -0.05) is 25.2 Å². The minimum Gasteiger partial charge on any atom is -0.507 e. The number of ether oxygens (including phenoxy) is 1. The molecule has 1 heterocycles. The Kier molecular flexibility index (Phi) is 7.37. The maximum Gasteiger partial charge on any atom is 0.342 e. The highest BCUT2D eigenvalue weighted by molar-refractivity contribution is 5.97. The highest BCUT2D eigenvalue weighted by Gasteiger charge is 2.25. The van der Waals surface area contributed by atoms with E-state index in [1.54, 1.807) is 26.0 Å². The van der Waals surface area contributed by atoms with Crippen molar-refractivity contribution < 1.29 is 29.6 Å². The fraction of sp³-hybridized carbons (Fsp3) is 0.429. The van der Waals surface area contributed by atoms with Crippen molar-refractivity contribution in [3.63, 3.8) is 0 Å². The fourth-order valence-electron chi connectivity index (χ4n) is 2.80. The molecule has 1 aliphatic heterocycles. The van der Waals surface area contributed by atoms with Gasteiger partial charge in [0, 0.05) is 24.2 Å². The summed E-state index contributed by atoms with van der Waals surface area (Å²) in [6.45, 7) is 5.96. The molecular weight excluding hydrogens is 362 g/mol. The molecule has 0 spiro atoms. The molecule has 28 heavy (non-hydrogen) atoms. The van der Waals surface area contributed by atoms with Gasteiger partial charge in [-0.2, -0.15) is 0 Å². The van der Waals surface area contributed by atoms with Crippen LogP contribution in [0.25, 0.3) is 6.08 Å². The second kappa shape index (κ2) is 9.52. The van der Waals surface area contributed by atoms with Gasteiger partial charge in [0.1, 0.15) is 23.5 Å². The number of ketones is 1. The quantitative estimate of drug-likeness (QED) is 0.573. The number of esters is 1. The molecule has 4 atom stereocenters. The van der Waals surface area contributed by atoms with Gasteiger partial charge in [-0.25, -0.2) is 4.79 Å². The molecule has 7 nitrogen and oxygen atoms in total. The van der Waals surface area contributed by atoms with Crippen molar-refractivity contribution in [1.82, 2.24) is 0 Å². The number of aromatic hydroxyl groups is 1. The number of nitrogens with one attached hydrogen (secondary N) is 1. The standard InChI is InChI=1S/C21H27NO6/c1-4-22-15-10-14-6-5-7-16(23)20(26)17(24)9-8-12(2)13(3)28-21(27)19(14)18(25)11-15/h5-6,8-13,16,20,22-23,25-26H,4,7H2,1-3H3/b6-5-,9-8-/t12-,13+,16+,20+/m0/s1. The van der Waals surface area contributed by atoms with Crippen LogP contribution in [0.1, 0.15) is 43.1 Å². The third-order valence-electron chi connectivity index (χ3n) is 4.66. The van der Waals surface area contributed by atoms with Crippen molar-refractivity contribution in [2.45, 2.75) is 45.5 Å². The smallest absolute Gasteiger partial charge is 0.342 e. The Labute approximate surface area is 164 Å². The number of phenolic OH excluding ortho intramolecular Hbond substituents is 1. The molecule has 1 aromatic carbocycles.